The number of benzene rings is 2. The number of rotatable bonds is 9. The Morgan fingerprint density at radius 2 is 1.60 bits per heavy atom. The summed E-state index contributed by atoms with van der Waals surface area (Å²) in [5, 5.41) is 13.9. The van der Waals surface area contributed by atoms with Crippen LogP contribution in [0.2, 0.25) is 0 Å². The van der Waals surface area contributed by atoms with Gasteiger partial charge < -0.3 is 21.5 Å². The molecule has 0 saturated carbocycles. The fourth-order valence-corrected chi connectivity index (χ4v) is 2.85. The van der Waals surface area contributed by atoms with Gasteiger partial charge in [0.2, 0.25) is 17.7 Å². The summed E-state index contributed by atoms with van der Waals surface area (Å²) in [6.45, 7) is 1.22. The largest absolute Gasteiger partial charge is 0.478 e. The summed E-state index contributed by atoms with van der Waals surface area (Å²) in [6, 6.07) is 9.38. The Bertz CT molecular complexity index is 946. The molecule has 0 aliphatic carbocycles. The van der Waals surface area contributed by atoms with Gasteiger partial charge in [-0.25, -0.2) is 9.18 Å². The SMILES string of the molecule is CC(=O)N[C@H](Cc1ccccc1F)C(=O)N[C@H](Cc1ccc(C(=O)O)cc1)C(N)=O. The number of amides is 3. The fraction of sp³-hybridized carbons (Fsp3) is 0.238. The van der Waals surface area contributed by atoms with Crippen molar-refractivity contribution < 1.29 is 28.7 Å². The quantitative estimate of drug-likeness (QED) is 0.479. The van der Waals surface area contributed by atoms with Crippen molar-refractivity contribution in [3.8, 4) is 0 Å². The van der Waals surface area contributed by atoms with Gasteiger partial charge in [-0.3, -0.25) is 14.4 Å². The summed E-state index contributed by atoms with van der Waals surface area (Å²) in [6.07, 6.45) is -0.0929. The van der Waals surface area contributed by atoms with E-state index in [-0.39, 0.29) is 24.0 Å². The second-order valence-electron chi connectivity index (χ2n) is 6.72. The Hall–Kier alpha value is -3.75. The van der Waals surface area contributed by atoms with Gasteiger partial charge in [-0.15, -0.1) is 0 Å². The van der Waals surface area contributed by atoms with Gasteiger partial charge in [0.05, 0.1) is 5.56 Å². The van der Waals surface area contributed by atoms with Crippen molar-refractivity contribution in [1.29, 1.82) is 0 Å². The molecule has 0 radical (unpaired) electrons. The van der Waals surface area contributed by atoms with Gasteiger partial charge in [0.1, 0.15) is 17.9 Å². The standard InChI is InChI=1S/C21H22FN3O5/c1-12(26)24-18(11-15-4-2-3-5-16(15)22)20(28)25-17(19(23)27)10-13-6-8-14(9-7-13)21(29)30/h2-9,17-18H,10-11H2,1H3,(H2,23,27)(H,24,26)(H,25,28)(H,29,30)/t17-,18-/m1/s1. The third-order valence-corrected chi connectivity index (χ3v) is 4.38. The first kappa shape index (κ1) is 22.5. The van der Waals surface area contributed by atoms with E-state index < -0.39 is 41.6 Å². The van der Waals surface area contributed by atoms with Crippen molar-refractivity contribution >= 4 is 23.7 Å². The molecule has 2 atom stereocenters. The number of carboxylic acids is 1. The lowest BCUT2D eigenvalue weighted by Gasteiger charge is -2.22. The molecule has 0 spiro atoms. The van der Waals surface area contributed by atoms with E-state index in [1.54, 1.807) is 6.07 Å². The zero-order valence-electron chi connectivity index (χ0n) is 16.2. The van der Waals surface area contributed by atoms with E-state index in [1.807, 2.05) is 0 Å². The number of primary amides is 1. The molecule has 0 aromatic heterocycles. The molecule has 0 aliphatic heterocycles. The molecular formula is C21H22FN3O5. The number of hydrogen-bond acceptors (Lipinski definition) is 4. The maximum atomic E-state index is 14.0. The lowest BCUT2D eigenvalue weighted by Crippen LogP contribution is -2.54. The Labute approximate surface area is 172 Å². The lowest BCUT2D eigenvalue weighted by atomic mass is 10.0. The molecule has 5 N–H and O–H groups in total. The summed E-state index contributed by atoms with van der Waals surface area (Å²) in [4.78, 5) is 47.0. The molecule has 0 aliphatic rings. The van der Waals surface area contributed by atoms with Crippen LogP contribution in [0.3, 0.4) is 0 Å². The number of nitrogens with one attached hydrogen (secondary N) is 2. The van der Waals surface area contributed by atoms with Crippen LogP contribution in [0.5, 0.6) is 0 Å². The number of carbonyl (C=O) groups excluding carboxylic acids is 3. The highest BCUT2D eigenvalue weighted by Crippen LogP contribution is 2.11. The van der Waals surface area contributed by atoms with Gasteiger partial charge in [0.15, 0.2) is 0 Å². The molecule has 2 aromatic rings. The predicted molar refractivity (Wildman–Crippen MR) is 106 cm³/mol. The van der Waals surface area contributed by atoms with Crippen LogP contribution in [0, 0.1) is 5.82 Å². The molecule has 30 heavy (non-hydrogen) atoms. The summed E-state index contributed by atoms with van der Waals surface area (Å²) < 4.78 is 14.0. The maximum Gasteiger partial charge on any atom is 0.335 e. The molecule has 0 unspecified atom stereocenters. The third-order valence-electron chi connectivity index (χ3n) is 4.38. The Morgan fingerprint density at radius 1 is 0.967 bits per heavy atom. The molecule has 2 rings (SSSR count). The minimum absolute atomic E-state index is 0.0213. The van der Waals surface area contributed by atoms with Gasteiger partial charge in [0.25, 0.3) is 0 Å². The van der Waals surface area contributed by atoms with E-state index in [0.29, 0.717) is 5.56 Å². The van der Waals surface area contributed by atoms with Gasteiger partial charge in [-0.05, 0) is 29.3 Å². The maximum absolute atomic E-state index is 14.0. The van der Waals surface area contributed by atoms with Crippen molar-refractivity contribution in [2.75, 3.05) is 0 Å². The predicted octanol–water partition coefficient (Wildman–Crippen LogP) is 0.784. The van der Waals surface area contributed by atoms with Crippen LogP contribution in [0.15, 0.2) is 48.5 Å². The summed E-state index contributed by atoms with van der Waals surface area (Å²) in [5.41, 5.74) is 6.28. The number of halogens is 1. The molecule has 3 amide bonds. The van der Waals surface area contributed by atoms with Crippen LogP contribution in [0.4, 0.5) is 4.39 Å². The van der Waals surface area contributed by atoms with Crippen molar-refractivity contribution in [1.82, 2.24) is 10.6 Å². The highest BCUT2D eigenvalue weighted by atomic mass is 19.1. The first-order valence-electron chi connectivity index (χ1n) is 9.09. The molecule has 0 bridgehead atoms. The molecule has 8 nitrogen and oxygen atoms in total. The molecule has 0 fully saturated rings. The normalized spacial score (nSPS) is 12.5. The number of hydrogen-bond donors (Lipinski definition) is 4. The van der Waals surface area contributed by atoms with E-state index in [9.17, 15) is 23.6 Å². The fourth-order valence-electron chi connectivity index (χ4n) is 2.85. The molecule has 2 aromatic carbocycles. The van der Waals surface area contributed by atoms with E-state index in [4.69, 9.17) is 10.8 Å². The highest BCUT2D eigenvalue weighted by molar-refractivity contribution is 5.91. The van der Waals surface area contributed by atoms with Gasteiger partial charge in [-0.1, -0.05) is 30.3 Å². The summed E-state index contributed by atoms with van der Waals surface area (Å²) in [5.74, 6) is -3.61. The zero-order chi connectivity index (χ0) is 22.3. The Balaban J connectivity index is 2.14. The van der Waals surface area contributed by atoms with Crippen molar-refractivity contribution in [3.63, 3.8) is 0 Å². The first-order valence-corrected chi connectivity index (χ1v) is 9.09. The van der Waals surface area contributed by atoms with Gasteiger partial charge >= 0.3 is 5.97 Å². The number of nitrogens with two attached hydrogens (primary N) is 1. The monoisotopic (exact) mass is 415 g/mol. The Morgan fingerprint density at radius 3 is 2.13 bits per heavy atom. The van der Waals surface area contributed by atoms with Crippen molar-refractivity contribution in [3.05, 3.63) is 71.0 Å². The topological polar surface area (TPSA) is 139 Å². The summed E-state index contributed by atoms with van der Waals surface area (Å²) >= 11 is 0. The Kier molecular flexibility index (Phi) is 7.62. The summed E-state index contributed by atoms with van der Waals surface area (Å²) in [7, 11) is 0. The minimum Gasteiger partial charge on any atom is -0.478 e. The second-order valence-corrected chi connectivity index (χ2v) is 6.72. The van der Waals surface area contributed by atoms with Crippen LogP contribution in [-0.2, 0) is 27.2 Å². The van der Waals surface area contributed by atoms with Crippen molar-refractivity contribution in [2.45, 2.75) is 31.8 Å². The first-order chi connectivity index (χ1) is 14.2. The number of carboxylic acid groups (broad SMARTS) is 1. The average molecular weight is 415 g/mol. The smallest absolute Gasteiger partial charge is 0.335 e. The molecule has 0 heterocycles. The van der Waals surface area contributed by atoms with Crippen LogP contribution < -0.4 is 16.4 Å². The average Bonchev–Trinajstić information content (AvgIpc) is 2.68. The van der Waals surface area contributed by atoms with Crippen molar-refractivity contribution in [2.24, 2.45) is 5.73 Å². The van der Waals surface area contributed by atoms with E-state index in [1.165, 1.54) is 49.4 Å². The highest BCUT2D eigenvalue weighted by Gasteiger charge is 2.26. The van der Waals surface area contributed by atoms with Crippen LogP contribution in [0.25, 0.3) is 0 Å². The molecule has 0 saturated heterocycles. The second kappa shape index (κ2) is 10.1. The van der Waals surface area contributed by atoms with Gasteiger partial charge in [0, 0.05) is 19.8 Å². The van der Waals surface area contributed by atoms with E-state index in [2.05, 4.69) is 10.6 Å². The van der Waals surface area contributed by atoms with Crippen LogP contribution in [0.1, 0.15) is 28.4 Å². The minimum atomic E-state index is -1.12. The van der Waals surface area contributed by atoms with E-state index in [0.717, 1.165) is 0 Å². The zero-order valence-corrected chi connectivity index (χ0v) is 16.2. The lowest BCUT2D eigenvalue weighted by molar-refractivity contribution is -0.130. The molecular weight excluding hydrogens is 393 g/mol. The van der Waals surface area contributed by atoms with Crippen LogP contribution in [-0.4, -0.2) is 40.9 Å². The van der Waals surface area contributed by atoms with Gasteiger partial charge in [-0.2, -0.15) is 0 Å². The molecule has 9 heteroatoms. The third kappa shape index (κ3) is 6.40. The number of carbonyl (C=O) groups is 4. The molecule has 158 valence electrons. The number of aromatic carboxylic acids is 1. The van der Waals surface area contributed by atoms with Crippen LogP contribution >= 0.6 is 0 Å². The van der Waals surface area contributed by atoms with E-state index >= 15 is 0 Å².